The predicted molar refractivity (Wildman–Crippen MR) is 120 cm³/mol. The minimum absolute atomic E-state index is 0.281. The van der Waals surface area contributed by atoms with E-state index >= 15 is 0 Å². The van der Waals surface area contributed by atoms with E-state index in [0.29, 0.717) is 11.5 Å². The molecule has 0 radical (unpaired) electrons. The normalized spacial score (nSPS) is 10.8. The molecule has 29 heavy (non-hydrogen) atoms. The first-order valence-corrected chi connectivity index (χ1v) is 10.1. The van der Waals surface area contributed by atoms with Gasteiger partial charge in [0.1, 0.15) is 17.0 Å². The molecule has 0 spiro atoms. The number of thiophene rings is 1. The van der Waals surface area contributed by atoms with Gasteiger partial charge in [0.05, 0.1) is 5.39 Å². The zero-order valence-corrected chi connectivity index (χ0v) is 17.0. The number of urea groups is 1. The Morgan fingerprint density at radius 2 is 1.62 bits per heavy atom. The van der Waals surface area contributed by atoms with Crippen LogP contribution in [-0.4, -0.2) is 16.0 Å². The molecule has 4 rings (SSSR count). The van der Waals surface area contributed by atoms with Gasteiger partial charge >= 0.3 is 6.03 Å². The largest absolute Gasteiger partial charge is 0.383 e. The van der Waals surface area contributed by atoms with Gasteiger partial charge in [-0.3, -0.25) is 0 Å². The summed E-state index contributed by atoms with van der Waals surface area (Å²) in [5.74, 6) is 0.477. The van der Waals surface area contributed by atoms with Crippen molar-refractivity contribution >= 4 is 44.8 Å². The summed E-state index contributed by atoms with van der Waals surface area (Å²) in [7, 11) is 0. The van der Waals surface area contributed by atoms with Crippen LogP contribution in [0.15, 0.2) is 54.9 Å². The fraction of sp³-hybridized carbons (Fsp3) is 0.136. The van der Waals surface area contributed by atoms with Gasteiger partial charge in [0.25, 0.3) is 0 Å². The number of nitrogens with zero attached hydrogens (tertiary/aromatic N) is 2. The van der Waals surface area contributed by atoms with Gasteiger partial charge in [-0.15, -0.1) is 11.3 Å². The van der Waals surface area contributed by atoms with Gasteiger partial charge in [0.2, 0.25) is 0 Å². The molecule has 0 aliphatic carbocycles. The fourth-order valence-corrected chi connectivity index (χ4v) is 4.27. The summed E-state index contributed by atoms with van der Waals surface area (Å²) < 4.78 is 0. The van der Waals surface area contributed by atoms with Crippen molar-refractivity contribution in [3.8, 4) is 11.1 Å². The summed E-state index contributed by atoms with van der Waals surface area (Å²) >= 11 is 1.60. The molecule has 2 aromatic carbocycles. The van der Waals surface area contributed by atoms with Crippen LogP contribution in [0.2, 0.25) is 0 Å². The number of amides is 2. The molecular weight excluding hydrogens is 382 g/mol. The SMILES string of the molecule is CCc1ccc(NC(=O)Nc2ccc(-c3c(C)sc4ncnc(N)c34)cc2)cc1. The summed E-state index contributed by atoms with van der Waals surface area (Å²) in [6, 6.07) is 15.2. The molecule has 0 fully saturated rings. The third kappa shape index (κ3) is 3.90. The molecule has 7 heteroatoms. The van der Waals surface area contributed by atoms with E-state index in [0.717, 1.165) is 38.3 Å². The van der Waals surface area contributed by atoms with Gasteiger partial charge in [-0.1, -0.05) is 31.2 Å². The number of carbonyl (C=O) groups excluding carboxylic acids is 1. The lowest BCUT2D eigenvalue weighted by Gasteiger charge is -2.09. The standard InChI is InChI=1S/C22H21N5OS/c1-3-14-4-8-16(9-5-14)26-22(28)27-17-10-6-15(7-11-17)18-13(2)29-21-19(18)20(23)24-12-25-21/h4-12H,3H2,1-2H3,(H2,23,24,25)(H2,26,27,28). The number of nitrogens with two attached hydrogens (primary N) is 1. The third-order valence-electron chi connectivity index (χ3n) is 4.75. The van der Waals surface area contributed by atoms with Crippen LogP contribution >= 0.6 is 11.3 Å². The number of fused-ring (bicyclic) bond motifs is 1. The van der Waals surface area contributed by atoms with E-state index in [1.54, 1.807) is 11.3 Å². The highest BCUT2D eigenvalue weighted by molar-refractivity contribution is 7.19. The quantitative estimate of drug-likeness (QED) is 0.422. The molecule has 2 amide bonds. The van der Waals surface area contributed by atoms with Crippen molar-refractivity contribution in [2.45, 2.75) is 20.3 Å². The van der Waals surface area contributed by atoms with Crippen molar-refractivity contribution in [3.63, 3.8) is 0 Å². The second kappa shape index (κ2) is 7.89. The number of hydrogen-bond acceptors (Lipinski definition) is 5. The zero-order chi connectivity index (χ0) is 20.4. The van der Waals surface area contributed by atoms with Crippen LogP contribution in [0.1, 0.15) is 17.4 Å². The van der Waals surface area contributed by atoms with Crippen molar-refractivity contribution in [1.82, 2.24) is 9.97 Å². The summed E-state index contributed by atoms with van der Waals surface area (Å²) in [6.45, 7) is 4.14. The minimum Gasteiger partial charge on any atom is -0.383 e. The monoisotopic (exact) mass is 403 g/mol. The van der Waals surface area contributed by atoms with Gasteiger partial charge in [-0.25, -0.2) is 14.8 Å². The number of rotatable bonds is 4. The summed E-state index contributed by atoms with van der Waals surface area (Å²) in [6.07, 6.45) is 2.45. The highest BCUT2D eigenvalue weighted by Gasteiger charge is 2.15. The number of hydrogen-bond donors (Lipinski definition) is 3. The third-order valence-corrected chi connectivity index (χ3v) is 5.76. The first-order chi connectivity index (χ1) is 14.0. The van der Waals surface area contributed by atoms with E-state index in [4.69, 9.17) is 5.73 Å². The molecule has 6 nitrogen and oxygen atoms in total. The van der Waals surface area contributed by atoms with Gasteiger partial charge in [-0.2, -0.15) is 0 Å². The topological polar surface area (TPSA) is 92.9 Å². The van der Waals surface area contributed by atoms with Crippen molar-refractivity contribution < 1.29 is 4.79 Å². The Morgan fingerprint density at radius 1 is 1.00 bits per heavy atom. The molecule has 4 N–H and O–H groups in total. The maximum absolute atomic E-state index is 12.3. The molecule has 0 atom stereocenters. The maximum atomic E-state index is 12.3. The molecule has 2 aromatic heterocycles. The molecular formula is C22H21N5OS. The van der Waals surface area contributed by atoms with Crippen molar-refractivity contribution in [2.24, 2.45) is 0 Å². The van der Waals surface area contributed by atoms with Gasteiger partial charge in [-0.05, 0) is 48.7 Å². The van der Waals surface area contributed by atoms with Crippen LogP contribution < -0.4 is 16.4 Å². The molecule has 2 heterocycles. The molecule has 0 aliphatic heterocycles. The van der Waals surface area contributed by atoms with Crippen LogP contribution in [0, 0.1) is 6.92 Å². The van der Waals surface area contributed by atoms with Gasteiger partial charge in [0, 0.05) is 21.8 Å². The Kier molecular flexibility index (Phi) is 5.14. The smallest absolute Gasteiger partial charge is 0.323 e. The fourth-order valence-electron chi connectivity index (χ4n) is 3.25. The Hall–Kier alpha value is -3.45. The molecule has 0 aliphatic rings. The number of nitrogens with one attached hydrogen (secondary N) is 2. The van der Waals surface area contributed by atoms with Gasteiger partial charge < -0.3 is 16.4 Å². The average Bonchev–Trinajstić information content (AvgIpc) is 3.06. The van der Waals surface area contributed by atoms with Crippen LogP contribution in [0.25, 0.3) is 21.3 Å². The molecule has 0 saturated carbocycles. The number of carbonyl (C=O) groups is 1. The predicted octanol–water partition coefficient (Wildman–Crippen LogP) is 5.46. The molecule has 0 bridgehead atoms. The van der Waals surface area contributed by atoms with E-state index in [1.807, 2.05) is 55.5 Å². The summed E-state index contributed by atoms with van der Waals surface area (Å²) in [5.41, 5.74) is 10.8. The van der Waals surface area contributed by atoms with Crippen LogP contribution in [-0.2, 0) is 6.42 Å². The van der Waals surface area contributed by atoms with Crippen LogP contribution in [0.4, 0.5) is 22.0 Å². The van der Waals surface area contributed by atoms with E-state index in [2.05, 4.69) is 27.5 Å². The molecule has 146 valence electrons. The number of aryl methyl sites for hydroxylation is 2. The lowest BCUT2D eigenvalue weighted by atomic mass is 10.0. The Morgan fingerprint density at radius 3 is 2.24 bits per heavy atom. The lowest BCUT2D eigenvalue weighted by molar-refractivity contribution is 0.262. The lowest BCUT2D eigenvalue weighted by Crippen LogP contribution is -2.19. The number of anilines is 3. The van der Waals surface area contributed by atoms with E-state index in [9.17, 15) is 4.79 Å². The van der Waals surface area contributed by atoms with Crippen molar-refractivity contribution in [1.29, 1.82) is 0 Å². The Bertz CT molecular complexity index is 1170. The van der Waals surface area contributed by atoms with Crippen molar-refractivity contribution in [3.05, 3.63) is 65.3 Å². The van der Waals surface area contributed by atoms with Crippen LogP contribution in [0.3, 0.4) is 0 Å². The maximum Gasteiger partial charge on any atom is 0.323 e. The number of benzene rings is 2. The summed E-state index contributed by atoms with van der Waals surface area (Å²) in [4.78, 5) is 22.7. The second-order valence-electron chi connectivity index (χ2n) is 6.68. The van der Waals surface area contributed by atoms with Crippen LogP contribution in [0.5, 0.6) is 0 Å². The first-order valence-electron chi connectivity index (χ1n) is 9.32. The minimum atomic E-state index is -0.281. The zero-order valence-electron chi connectivity index (χ0n) is 16.2. The highest BCUT2D eigenvalue weighted by Crippen LogP contribution is 2.39. The van der Waals surface area contributed by atoms with E-state index in [1.165, 1.54) is 11.9 Å². The number of nitrogen functional groups attached to an aromatic ring is 1. The second-order valence-corrected chi connectivity index (χ2v) is 7.88. The van der Waals surface area contributed by atoms with E-state index in [-0.39, 0.29) is 6.03 Å². The highest BCUT2D eigenvalue weighted by atomic mass is 32.1. The Labute approximate surface area is 172 Å². The number of aromatic nitrogens is 2. The van der Waals surface area contributed by atoms with E-state index < -0.39 is 0 Å². The first kappa shape index (κ1) is 18.9. The molecule has 0 saturated heterocycles. The molecule has 0 unspecified atom stereocenters. The summed E-state index contributed by atoms with van der Waals surface area (Å²) in [5, 5.41) is 6.58. The molecule has 4 aromatic rings. The Balaban J connectivity index is 1.51. The van der Waals surface area contributed by atoms with Crippen molar-refractivity contribution in [2.75, 3.05) is 16.4 Å². The average molecular weight is 404 g/mol. The van der Waals surface area contributed by atoms with Gasteiger partial charge in [0.15, 0.2) is 0 Å².